The van der Waals surface area contributed by atoms with Gasteiger partial charge in [0.15, 0.2) is 11.5 Å². The van der Waals surface area contributed by atoms with Gasteiger partial charge < -0.3 is 45.0 Å². The standard InChI is InChI=1S/C14H16NO11P/c16-8-5-3-1-4-12(25-2-24-4)9(17)6(3)14(20)15-7(5)13(11(19)10(8)18)26-27(21,22)23/h1,5,7-8,10-11,13,16-19H,2H2,(H,15,20)(H2,21,22,23)/t5-,7-,8-,10+,11-,13+/m1/s1. The van der Waals surface area contributed by atoms with Crippen LogP contribution in [0.25, 0.3) is 0 Å². The van der Waals surface area contributed by atoms with Gasteiger partial charge in [-0.3, -0.25) is 9.32 Å². The molecule has 27 heavy (non-hydrogen) atoms. The SMILES string of the molecule is O=C1N[C@H]2[C@H](OP(=O)(O)O)[C@H](O)[C@@H](O)[C@H](O)[C@@H]2c2cc3c(c(O)c21)OCO3. The number of carbonyl (C=O) groups is 1. The summed E-state index contributed by atoms with van der Waals surface area (Å²) in [5.41, 5.74) is -0.179. The Balaban J connectivity index is 1.86. The van der Waals surface area contributed by atoms with Gasteiger partial charge in [0.1, 0.15) is 18.3 Å². The summed E-state index contributed by atoms with van der Waals surface area (Å²) in [6, 6.07) is 0.0292. The van der Waals surface area contributed by atoms with E-state index in [1.54, 1.807) is 0 Å². The summed E-state index contributed by atoms with van der Waals surface area (Å²) >= 11 is 0. The molecule has 0 bridgehead atoms. The van der Waals surface area contributed by atoms with Crippen molar-refractivity contribution in [2.45, 2.75) is 36.4 Å². The molecule has 1 aromatic rings. The second kappa shape index (κ2) is 6.04. The predicted molar refractivity (Wildman–Crippen MR) is 83.2 cm³/mol. The Labute approximate surface area is 151 Å². The summed E-state index contributed by atoms with van der Waals surface area (Å²) in [5.74, 6) is -2.49. The first-order valence-electron chi connectivity index (χ1n) is 7.84. The molecule has 0 unspecified atom stereocenters. The molecule has 1 aliphatic carbocycles. The third-order valence-corrected chi connectivity index (χ3v) is 5.47. The molecule has 1 saturated carbocycles. The molecule has 2 aliphatic heterocycles. The molecular weight excluding hydrogens is 389 g/mol. The first-order valence-corrected chi connectivity index (χ1v) is 9.37. The van der Waals surface area contributed by atoms with Gasteiger partial charge in [-0.1, -0.05) is 0 Å². The number of amides is 1. The van der Waals surface area contributed by atoms with Crippen molar-refractivity contribution in [3.63, 3.8) is 0 Å². The van der Waals surface area contributed by atoms with Crippen LogP contribution in [0.4, 0.5) is 0 Å². The van der Waals surface area contributed by atoms with E-state index in [0.29, 0.717) is 0 Å². The van der Waals surface area contributed by atoms with E-state index in [0.717, 1.165) is 0 Å². The number of ether oxygens (including phenoxy) is 2. The Bertz CT molecular complexity index is 854. The Morgan fingerprint density at radius 3 is 2.52 bits per heavy atom. The van der Waals surface area contributed by atoms with E-state index in [-0.39, 0.29) is 29.4 Å². The number of carbonyl (C=O) groups excluding carboxylic acids is 1. The summed E-state index contributed by atoms with van der Waals surface area (Å²) in [5, 5.41) is 43.5. The summed E-state index contributed by atoms with van der Waals surface area (Å²) < 4.78 is 26.1. The molecule has 0 spiro atoms. The zero-order chi connectivity index (χ0) is 19.7. The fraction of sp³-hybridized carbons (Fsp3) is 0.500. The average Bonchev–Trinajstić information content (AvgIpc) is 3.04. The van der Waals surface area contributed by atoms with Gasteiger partial charge >= 0.3 is 7.82 Å². The number of aliphatic hydroxyl groups is 3. The van der Waals surface area contributed by atoms with Gasteiger partial charge in [-0.25, -0.2) is 4.57 Å². The number of benzene rings is 1. The molecule has 13 heteroatoms. The van der Waals surface area contributed by atoms with Crippen molar-refractivity contribution < 1.29 is 53.6 Å². The van der Waals surface area contributed by atoms with Crippen LogP contribution in [0.15, 0.2) is 6.07 Å². The first kappa shape index (κ1) is 18.4. The number of aliphatic hydroxyl groups excluding tert-OH is 3. The number of phosphoric acid groups is 1. The zero-order valence-electron chi connectivity index (χ0n) is 13.4. The van der Waals surface area contributed by atoms with Crippen LogP contribution in [-0.2, 0) is 9.09 Å². The van der Waals surface area contributed by atoms with Crippen LogP contribution >= 0.6 is 7.82 Å². The zero-order valence-corrected chi connectivity index (χ0v) is 14.3. The van der Waals surface area contributed by atoms with Gasteiger partial charge in [0.25, 0.3) is 5.91 Å². The molecule has 1 fully saturated rings. The van der Waals surface area contributed by atoms with Crippen molar-refractivity contribution in [2.24, 2.45) is 0 Å². The Morgan fingerprint density at radius 1 is 1.15 bits per heavy atom. The smallest absolute Gasteiger partial charge is 0.470 e. The summed E-state index contributed by atoms with van der Waals surface area (Å²) in [6.45, 7) is -0.199. The Hall–Kier alpha value is -1.92. The van der Waals surface area contributed by atoms with E-state index in [4.69, 9.17) is 19.3 Å². The lowest BCUT2D eigenvalue weighted by atomic mass is 9.70. The van der Waals surface area contributed by atoms with E-state index in [1.165, 1.54) is 6.07 Å². The van der Waals surface area contributed by atoms with Gasteiger partial charge in [-0.2, -0.15) is 0 Å². The normalized spacial score (nSPS) is 34.6. The van der Waals surface area contributed by atoms with Crippen molar-refractivity contribution in [2.75, 3.05) is 6.79 Å². The number of fused-ring (bicyclic) bond motifs is 4. The third kappa shape index (κ3) is 2.77. The molecule has 0 saturated heterocycles. The highest BCUT2D eigenvalue weighted by Crippen LogP contribution is 2.51. The molecule has 148 valence electrons. The first-order chi connectivity index (χ1) is 12.6. The minimum absolute atomic E-state index is 0.0586. The molecule has 6 atom stereocenters. The van der Waals surface area contributed by atoms with Crippen LogP contribution in [0.5, 0.6) is 17.2 Å². The molecule has 7 N–H and O–H groups in total. The summed E-state index contributed by atoms with van der Waals surface area (Å²) in [4.78, 5) is 30.7. The molecule has 4 rings (SSSR count). The molecule has 0 radical (unpaired) electrons. The fourth-order valence-electron chi connectivity index (χ4n) is 3.84. The molecule has 3 aliphatic rings. The lowest BCUT2D eigenvalue weighted by molar-refractivity contribution is -0.152. The number of nitrogens with one attached hydrogen (secondary N) is 1. The molecule has 1 amide bonds. The lowest BCUT2D eigenvalue weighted by Gasteiger charge is -2.48. The second-order valence-electron chi connectivity index (χ2n) is 6.48. The van der Waals surface area contributed by atoms with Gasteiger partial charge in [-0.05, 0) is 11.6 Å². The molecule has 2 heterocycles. The van der Waals surface area contributed by atoms with Crippen molar-refractivity contribution in [1.82, 2.24) is 5.32 Å². The summed E-state index contributed by atoms with van der Waals surface area (Å²) in [6.07, 6.45) is -7.09. The average molecular weight is 405 g/mol. The van der Waals surface area contributed by atoms with Crippen molar-refractivity contribution in [1.29, 1.82) is 0 Å². The highest BCUT2D eigenvalue weighted by atomic mass is 31.2. The minimum Gasteiger partial charge on any atom is -0.504 e. The topological polar surface area (TPSA) is 195 Å². The van der Waals surface area contributed by atoms with Crippen LogP contribution in [-0.4, -0.2) is 73.4 Å². The van der Waals surface area contributed by atoms with Gasteiger partial charge in [0.05, 0.1) is 17.7 Å². The predicted octanol–water partition coefficient (Wildman–Crippen LogP) is -2.11. The molecular formula is C14H16NO11P. The highest BCUT2D eigenvalue weighted by Gasteiger charge is 2.56. The quantitative estimate of drug-likeness (QED) is 0.266. The monoisotopic (exact) mass is 405 g/mol. The third-order valence-electron chi connectivity index (χ3n) is 4.96. The molecule has 12 nitrogen and oxygen atoms in total. The Kier molecular flexibility index (Phi) is 4.13. The fourth-order valence-corrected chi connectivity index (χ4v) is 4.42. The van der Waals surface area contributed by atoms with Gasteiger partial charge in [0, 0.05) is 5.92 Å². The number of phosphoric ester groups is 1. The maximum Gasteiger partial charge on any atom is 0.470 e. The van der Waals surface area contributed by atoms with Crippen molar-refractivity contribution >= 4 is 13.7 Å². The number of hydrogen-bond acceptors (Lipinski definition) is 9. The van der Waals surface area contributed by atoms with Gasteiger partial charge in [0.2, 0.25) is 12.5 Å². The van der Waals surface area contributed by atoms with E-state index in [9.17, 15) is 29.8 Å². The highest BCUT2D eigenvalue weighted by molar-refractivity contribution is 7.46. The number of phenols is 1. The van der Waals surface area contributed by atoms with Crippen LogP contribution in [0, 0.1) is 0 Å². The van der Waals surface area contributed by atoms with E-state index in [2.05, 4.69) is 9.84 Å². The number of rotatable bonds is 2. The van der Waals surface area contributed by atoms with Crippen LogP contribution in [0.2, 0.25) is 0 Å². The largest absolute Gasteiger partial charge is 0.504 e. The van der Waals surface area contributed by atoms with Crippen LogP contribution in [0.3, 0.4) is 0 Å². The van der Waals surface area contributed by atoms with E-state index < -0.39 is 55.9 Å². The maximum atomic E-state index is 12.5. The van der Waals surface area contributed by atoms with Crippen LogP contribution < -0.4 is 14.8 Å². The van der Waals surface area contributed by atoms with E-state index in [1.807, 2.05) is 0 Å². The van der Waals surface area contributed by atoms with Crippen LogP contribution in [0.1, 0.15) is 21.8 Å². The number of phenolic OH excluding ortho intramolecular Hbond substituents is 1. The molecule has 1 aromatic carbocycles. The second-order valence-corrected chi connectivity index (χ2v) is 7.67. The van der Waals surface area contributed by atoms with Gasteiger partial charge in [-0.15, -0.1) is 0 Å². The maximum absolute atomic E-state index is 12.5. The lowest BCUT2D eigenvalue weighted by Crippen LogP contribution is -2.66. The van der Waals surface area contributed by atoms with Crippen molar-refractivity contribution in [3.05, 3.63) is 17.2 Å². The number of aromatic hydroxyl groups is 1. The number of hydrogen-bond donors (Lipinski definition) is 7. The van der Waals surface area contributed by atoms with Crippen molar-refractivity contribution in [3.8, 4) is 17.2 Å². The van der Waals surface area contributed by atoms with E-state index >= 15 is 0 Å². The minimum atomic E-state index is -5.11. The Morgan fingerprint density at radius 2 is 1.85 bits per heavy atom. The molecule has 0 aromatic heterocycles. The summed E-state index contributed by atoms with van der Waals surface area (Å²) in [7, 11) is -5.11.